The molecule has 1 atom stereocenters. The fourth-order valence-corrected chi connectivity index (χ4v) is 0.534. The summed E-state index contributed by atoms with van der Waals surface area (Å²) in [4.78, 5) is 0. The van der Waals surface area contributed by atoms with Crippen molar-refractivity contribution in [1.82, 2.24) is 0 Å². The highest BCUT2D eigenvalue weighted by molar-refractivity contribution is 5.11. The molecule has 0 heterocycles. The molecule has 1 aromatic rings. The molecule has 0 radical (unpaired) electrons. The second kappa shape index (κ2) is 6.80. The molecule has 68 valence electrons. The van der Waals surface area contributed by atoms with Crippen molar-refractivity contribution in [2.45, 2.75) is 19.9 Å². The fourth-order valence-electron chi connectivity index (χ4n) is 0.534. The van der Waals surface area contributed by atoms with Crippen molar-refractivity contribution < 1.29 is 4.39 Å². The molecular formula is C10H16FN. The Morgan fingerprint density at radius 1 is 1.33 bits per heavy atom. The summed E-state index contributed by atoms with van der Waals surface area (Å²) in [5.41, 5.74) is 6.24. The Labute approximate surface area is 73.4 Å². The van der Waals surface area contributed by atoms with Gasteiger partial charge in [-0.1, -0.05) is 35.9 Å². The summed E-state index contributed by atoms with van der Waals surface area (Å²) in [6.45, 7) is 3.29. The first-order chi connectivity index (χ1) is 5.66. The van der Waals surface area contributed by atoms with Crippen LogP contribution in [0, 0.1) is 6.92 Å². The molecule has 0 aromatic heterocycles. The summed E-state index contributed by atoms with van der Waals surface area (Å²) in [5.74, 6) is 0. The number of hydrogen-bond acceptors (Lipinski definition) is 1. The third kappa shape index (κ3) is 7.22. The van der Waals surface area contributed by atoms with E-state index in [-0.39, 0.29) is 6.04 Å². The molecule has 2 heteroatoms. The summed E-state index contributed by atoms with van der Waals surface area (Å²) < 4.78 is 11.0. The van der Waals surface area contributed by atoms with E-state index in [0.717, 1.165) is 0 Å². The van der Waals surface area contributed by atoms with E-state index in [1.54, 1.807) is 6.92 Å². The van der Waals surface area contributed by atoms with E-state index in [1.165, 1.54) is 5.56 Å². The molecule has 0 fully saturated rings. The van der Waals surface area contributed by atoms with E-state index in [2.05, 4.69) is 19.1 Å². The monoisotopic (exact) mass is 169 g/mol. The Hall–Kier alpha value is -0.890. The van der Waals surface area contributed by atoms with Gasteiger partial charge in [-0.15, -0.1) is 0 Å². The molecule has 0 aliphatic rings. The number of halogens is 1. The Balaban J connectivity index is 0.000000217. The highest BCUT2D eigenvalue weighted by Crippen LogP contribution is 1.92. The van der Waals surface area contributed by atoms with Crippen molar-refractivity contribution in [3.63, 3.8) is 0 Å². The number of alkyl halides is 1. The van der Waals surface area contributed by atoms with E-state index >= 15 is 0 Å². The van der Waals surface area contributed by atoms with Gasteiger partial charge in [0, 0.05) is 6.04 Å². The van der Waals surface area contributed by atoms with E-state index < -0.39 is 6.67 Å². The maximum atomic E-state index is 11.0. The predicted molar refractivity (Wildman–Crippen MR) is 50.8 cm³/mol. The number of benzene rings is 1. The molecule has 0 amide bonds. The first kappa shape index (κ1) is 11.1. The largest absolute Gasteiger partial charge is 0.326 e. The normalized spacial score (nSPS) is 11.3. The molecule has 2 N–H and O–H groups in total. The van der Waals surface area contributed by atoms with Crippen LogP contribution in [0.5, 0.6) is 0 Å². The molecule has 12 heavy (non-hydrogen) atoms. The maximum Gasteiger partial charge on any atom is 0.104 e. The van der Waals surface area contributed by atoms with Crippen molar-refractivity contribution in [2.24, 2.45) is 5.73 Å². The van der Waals surface area contributed by atoms with Crippen LogP contribution in [0.1, 0.15) is 12.5 Å². The fraction of sp³-hybridized carbons (Fsp3) is 0.400. The molecular weight excluding hydrogens is 153 g/mol. The topological polar surface area (TPSA) is 26.0 Å². The van der Waals surface area contributed by atoms with E-state index in [0.29, 0.717) is 0 Å². The van der Waals surface area contributed by atoms with E-state index in [1.807, 2.05) is 18.2 Å². The Morgan fingerprint density at radius 2 is 1.75 bits per heavy atom. The average molecular weight is 169 g/mol. The minimum atomic E-state index is -0.417. The molecule has 1 aromatic carbocycles. The van der Waals surface area contributed by atoms with E-state index in [9.17, 15) is 4.39 Å². The molecule has 0 bridgehead atoms. The van der Waals surface area contributed by atoms with Crippen molar-refractivity contribution in [1.29, 1.82) is 0 Å². The van der Waals surface area contributed by atoms with Gasteiger partial charge in [-0.25, -0.2) is 4.39 Å². The van der Waals surface area contributed by atoms with Crippen LogP contribution < -0.4 is 5.73 Å². The quantitative estimate of drug-likeness (QED) is 0.686. The molecule has 1 rings (SSSR count). The van der Waals surface area contributed by atoms with Gasteiger partial charge in [0.05, 0.1) is 0 Å². The van der Waals surface area contributed by atoms with Gasteiger partial charge in [-0.2, -0.15) is 0 Å². The van der Waals surface area contributed by atoms with Gasteiger partial charge in [0.25, 0.3) is 0 Å². The minimum Gasteiger partial charge on any atom is -0.326 e. The highest BCUT2D eigenvalue weighted by Gasteiger charge is 1.83. The number of hydrogen-bond donors (Lipinski definition) is 1. The van der Waals surface area contributed by atoms with Gasteiger partial charge in [-0.05, 0) is 13.8 Å². The molecule has 1 unspecified atom stereocenters. The summed E-state index contributed by atoms with van der Waals surface area (Å²) >= 11 is 0. The van der Waals surface area contributed by atoms with Crippen molar-refractivity contribution in [3.05, 3.63) is 35.9 Å². The van der Waals surface area contributed by atoms with Crippen molar-refractivity contribution >= 4 is 0 Å². The lowest BCUT2D eigenvalue weighted by Crippen LogP contribution is -2.16. The third-order valence-corrected chi connectivity index (χ3v) is 1.18. The Kier molecular flexibility index (Phi) is 6.29. The van der Waals surface area contributed by atoms with Crippen LogP contribution in [0.25, 0.3) is 0 Å². The molecule has 0 aliphatic carbocycles. The zero-order valence-corrected chi connectivity index (χ0v) is 7.63. The summed E-state index contributed by atoms with van der Waals surface area (Å²) in [6.07, 6.45) is 0. The molecule has 0 spiro atoms. The van der Waals surface area contributed by atoms with E-state index in [4.69, 9.17) is 5.73 Å². The Morgan fingerprint density at radius 3 is 1.92 bits per heavy atom. The van der Waals surface area contributed by atoms with Gasteiger partial charge >= 0.3 is 0 Å². The molecule has 1 nitrogen and oxygen atoms in total. The highest BCUT2D eigenvalue weighted by atomic mass is 19.1. The summed E-state index contributed by atoms with van der Waals surface area (Å²) in [7, 11) is 0. The van der Waals surface area contributed by atoms with Crippen molar-refractivity contribution in [3.8, 4) is 0 Å². The van der Waals surface area contributed by atoms with Gasteiger partial charge in [0.2, 0.25) is 0 Å². The zero-order valence-electron chi connectivity index (χ0n) is 7.63. The lowest BCUT2D eigenvalue weighted by atomic mass is 10.2. The van der Waals surface area contributed by atoms with Crippen LogP contribution in [0.15, 0.2) is 30.3 Å². The Bertz CT molecular complexity index is 184. The zero-order chi connectivity index (χ0) is 9.40. The van der Waals surface area contributed by atoms with Gasteiger partial charge < -0.3 is 5.73 Å². The first-order valence-electron chi connectivity index (χ1n) is 4.00. The van der Waals surface area contributed by atoms with Crippen LogP contribution in [0.4, 0.5) is 4.39 Å². The maximum absolute atomic E-state index is 11.0. The van der Waals surface area contributed by atoms with Crippen LogP contribution in [-0.4, -0.2) is 12.7 Å². The van der Waals surface area contributed by atoms with Crippen LogP contribution in [-0.2, 0) is 0 Å². The second-order valence-electron chi connectivity index (χ2n) is 2.79. The molecule has 0 saturated carbocycles. The lowest BCUT2D eigenvalue weighted by molar-refractivity contribution is 0.445. The number of nitrogens with two attached hydrogens (primary N) is 1. The number of rotatable bonds is 1. The van der Waals surface area contributed by atoms with Gasteiger partial charge in [-0.3, -0.25) is 0 Å². The second-order valence-corrected chi connectivity index (χ2v) is 2.79. The van der Waals surface area contributed by atoms with Crippen LogP contribution in [0.3, 0.4) is 0 Å². The third-order valence-electron chi connectivity index (χ3n) is 1.18. The SMILES string of the molecule is CC(N)CF.Cc1ccccc1. The molecule has 0 aliphatic heterocycles. The molecule has 0 saturated heterocycles. The van der Waals surface area contributed by atoms with Crippen LogP contribution in [0.2, 0.25) is 0 Å². The first-order valence-corrected chi connectivity index (χ1v) is 4.00. The average Bonchev–Trinajstić information content (AvgIpc) is 2.07. The summed E-state index contributed by atoms with van der Waals surface area (Å²) in [5, 5.41) is 0. The smallest absolute Gasteiger partial charge is 0.104 e. The minimum absolute atomic E-state index is 0.282. The van der Waals surface area contributed by atoms with Crippen LogP contribution >= 0.6 is 0 Å². The van der Waals surface area contributed by atoms with Crippen molar-refractivity contribution in [2.75, 3.05) is 6.67 Å². The van der Waals surface area contributed by atoms with Gasteiger partial charge in [0.15, 0.2) is 0 Å². The summed E-state index contributed by atoms with van der Waals surface area (Å²) in [6, 6.07) is 9.98. The lowest BCUT2D eigenvalue weighted by Gasteiger charge is -1.88. The number of aryl methyl sites for hydroxylation is 1. The predicted octanol–water partition coefficient (Wildman–Crippen LogP) is 2.30. The standard InChI is InChI=1S/C7H8.C3H8FN/c1-7-5-3-2-4-6-7;1-3(5)2-4/h2-6H,1H3;3H,2,5H2,1H3. The van der Waals surface area contributed by atoms with Gasteiger partial charge in [0.1, 0.15) is 6.67 Å².